The van der Waals surface area contributed by atoms with Crippen molar-refractivity contribution in [2.24, 2.45) is 5.92 Å². The van der Waals surface area contributed by atoms with E-state index in [9.17, 15) is 14.7 Å². The molecule has 0 bridgehead atoms. The summed E-state index contributed by atoms with van der Waals surface area (Å²) in [6.07, 6.45) is 11.7. The smallest absolute Gasteiger partial charge is 0.311 e. The van der Waals surface area contributed by atoms with Crippen LogP contribution in [0.25, 0.3) is 0 Å². The topological polar surface area (TPSA) is 66.4 Å². The molecule has 1 saturated heterocycles. The van der Waals surface area contributed by atoms with Crippen LogP contribution in [0.15, 0.2) is 12.2 Å². The molecular formula is C19H33NO3. The van der Waals surface area contributed by atoms with Gasteiger partial charge in [-0.2, -0.15) is 0 Å². The molecule has 0 aromatic carbocycles. The first-order valence-electron chi connectivity index (χ1n) is 9.27. The van der Waals surface area contributed by atoms with Gasteiger partial charge in [0.15, 0.2) is 5.78 Å². The third-order valence-electron chi connectivity index (χ3n) is 4.76. The predicted molar refractivity (Wildman–Crippen MR) is 93.5 cm³/mol. The number of aliphatic carboxylic acids is 1. The number of hydrogen-bond acceptors (Lipinski definition) is 3. The van der Waals surface area contributed by atoms with Crippen molar-refractivity contribution in [3.8, 4) is 0 Å². The number of nitrogens with one attached hydrogen (secondary N) is 1. The standard InChI is InChI=1S/C19H33NO3/c1-3-4-5-6-7-8-9-10-12-16(19(22)23)15(2)18(21)17-13-11-14-20-17/h16-17,20H,2-14H2,1H3,(H,22,23). The fourth-order valence-corrected chi connectivity index (χ4v) is 3.23. The van der Waals surface area contributed by atoms with E-state index in [1.165, 1.54) is 32.1 Å². The summed E-state index contributed by atoms with van der Waals surface area (Å²) in [6, 6.07) is -0.220. The van der Waals surface area contributed by atoms with E-state index in [4.69, 9.17) is 0 Å². The van der Waals surface area contributed by atoms with Gasteiger partial charge in [-0.05, 0) is 25.8 Å². The van der Waals surface area contributed by atoms with Crippen LogP contribution in [0, 0.1) is 5.92 Å². The highest BCUT2D eigenvalue weighted by Crippen LogP contribution is 2.22. The molecule has 132 valence electrons. The molecule has 0 saturated carbocycles. The van der Waals surface area contributed by atoms with Crippen LogP contribution in [0.2, 0.25) is 0 Å². The van der Waals surface area contributed by atoms with Gasteiger partial charge in [0.25, 0.3) is 0 Å². The third kappa shape index (κ3) is 7.30. The van der Waals surface area contributed by atoms with Crippen molar-refractivity contribution in [3.05, 3.63) is 12.2 Å². The maximum atomic E-state index is 12.3. The van der Waals surface area contributed by atoms with Gasteiger partial charge in [-0.25, -0.2) is 0 Å². The molecule has 4 heteroatoms. The molecular weight excluding hydrogens is 290 g/mol. The van der Waals surface area contributed by atoms with Crippen LogP contribution in [0.3, 0.4) is 0 Å². The maximum absolute atomic E-state index is 12.3. The number of carboxylic acids is 1. The molecule has 1 aliphatic heterocycles. The first-order valence-corrected chi connectivity index (χ1v) is 9.27. The molecule has 0 radical (unpaired) electrons. The van der Waals surface area contributed by atoms with Crippen molar-refractivity contribution in [3.63, 3.8) is 0 Å². The van der Waals surface area contributed by atoms with Crippen LogP contribution in [0.5, 0.6) is 0 Å². The van der Waals surface area contributed by atoms with Crippen LogP contribution in [0.4, 0.5) is 0 Å². The molecule has 0 aliphatic carbocycles. The molecule has 1 heterocycles. The van der Waals surface area contributed by atoms with E-state index in [1.807, 2.05) is 0 Å². The average molecular weight is 323 g/mol. The van der Waals surface area contributed by atoms with Gasteiger partial charge in [0, 0.05) is 5.57 Å². The zero-order valence-corrected chi connectivity index (χ0v) is 14.6. The summed E-state index contributed by atoms with van der Waals surface area (Å²) >= 11 is 0. The van der Waals surface area contributed by atoms with E-state index < -0.39 is 11.9 Å². The minimum atomic E-state index is -0.913. The van der Waals surface area contributed by atoms with E-state index in [1.54, 1.807) is 0 Å². The lowest BCUT2D eigenvalue weighted by molar-refractivity contribution is -0.141. The molecule has 4 nitrogen and oxygen atoms in total. The first kappa shape index (κ1) is 19.9. The molecule has 1 rings (SSSR count). The Hall–Kier alpha value is -1.16. The zero-order valence-electron chi connectivity index (χ0n) is 14.6. The van der Waals surface area contributed by atoms with Gasteiger partial charge in [-0.3, -0.25) is 9.59 Å². The second kappa shape index (κ2) is 11.4. The Morgan fingerprint density at radius 3 is 2.26 bits per heavy atom. The number of hydrogen-bond donors (Lipinski definition) is 2. The van der Waals surface area contributed by atoms with E-state index in [0.29, 0.717) is 6.42 Å². The number of carbonyl (C=O) groups excluding carboxylic acids is 1. The normalized spacial score (nSPS) is 18.7. The van der Waals surface area contributed by atoms with Gasteiger partial charge < -0.3 is 10.4 Å². The van der Waals surface area contributed by atoms with Crippen LogP contribution < -0.4 is 5.32 Å². The second-order valence-corrected chi connectivity index (χ2v) is 6.69. The molecule has 0 amide bonds. The number of unbranched alkanes of at least 4 members (excludes halogenated alkanes) is 7. The Kier molecular flexibility index (Phi) is 9.85. The molecule has 0 aromatic rings. The number of ketones is 1. The SMILES string of the molecule is C=C(C(=O)C1CCCN1)C(CCCCCCCCCC)C(=O)O. The highest BCUT2D eigenvalue weighted by molar-refractivity contribution is 6.03. The summed E-state index contributed by atoms with van der Waals surface area (Å²) < 4.78 is 0. The summed E-state index contributed by atoms with van der Waals surface area (Å²) in [5.41, 5.74) is 0.278. The lowest BCUT2D eigenvalue weighted by atomic mass is 9.88. The van der Waals surface area contributed by atoms with Crippen molar-refractivity contribution < 1.29 is 14.7 Å². The third-order valence-corrected chi connectivity index (χ3v) is 4.76. The molecule has 1 aliphatic rings. The minimum Gasteiger partial charge on any atom is -0.481 e. The minimum absolute atomic E-state index is 0.102. The number of carbonyl (C=O) groups is 2. The molecule has 1 fully saturated rings. The molecule has 23 heavy (non-hydrogen) atoms. The van der Waals surface area contributed by atoms with Crippen molar-refractivity contribution >= 4 is 11.8 Å². The van der Waals surface area contributed by atoms with E-state index in [-0.39, 0.29) is 17.4 Å². The quantitative estimate of drug-likeness (QED) is 0.396. The second-order valence-electron chi connectivity index (χ2n) is 6.69. The fraction of sp³-hybridized carbons (Fsp3) is 0.789. The predicted octanol–water partition coefficient (Wildman–Crippen LogP) is 4.10. The Morgan fingerprint density at radius 2 is 1.74 bits per heavy atom. The lowest BCUT2D eigenvalue weighted by Gasteiger charge is -2.17. The summed E-state index contributed by atoms with van der Waals surface area (Å²) in [6.45, 7) is 6.84. The summed E-state index contributed by atoms with van der Waals surface area (Å²) in [5.74, 6) is -1.73. The Labute approximate surface area is 140 Å². The maximum Gasteiger partial charge on any atom is 0.311 e. The van der Waals surface area contributed by atoms with E-state index in [2.05, 4.69) is 18.8 Å². The van der Waals surface area contributed by atoms with Crippen LogP contribution in [0.1, 0.15) is 77.6 Å². The van der Waals surface area contributed by atoms with Crippen LogP contribution in [-0.2, 0) is 9.59 Å². The van der Waals surface area contributed by atoms with E-state index in [0.717, 1.165) is 38.6 Å². The van der Waals surface area contributed by atoms with Crippen molar-refractivity contribution in [2.45, 2.75) is 83.6 Å². The molecule has 0 aromatic heterocycles. The Morgan fingerprint density at radius 1 is 1.13 bits per heavy atom. The average Bonchev–Trinajstić information content (AvgIpc) is 3.06. The number of rotatable bonds is 13. The number of Topliss-reactive ketones (excluding diaryl/α,β-unsaturated/α-hetero) is 1. The van der Waals surface area contributed by atoms with Gasteiger partial charge in [0.2, 0.25) is 0 Å². The van der Waals surface area contributed by atoms with Gasteiger partial charge in [-0.15, -0.1) is 0 Å². The van der Waals surface area contributed by atoms with Crippen molar-refractivity contribution in [2.75, 3.05) is 6.54 Å². The Bertz CT molecular complexity index is 386. The van der Waals surface area contributed by atoms with Crippen molar-refractivity contribution in [1.82, 2.24) is 5.32 Å². The van der Waals surface area contributed by atoms with Gasteiger partial charge in [0.1, 0.15) is 0 Å². The van der Waals surface area contributed by atoms with E-state index >= 15 is 0 Å². The summed E-state index contributed by atoms with van der Waals surface area (Å²) in [5, 5.41) is 12.5. The first-order chi connectivity index (χ1) is 11.1. The molecule has 2 unspecified atom stereocenters. The largest absolute Gasteiger partial charge is 0.481 e. The summed E-state index contributed by atoms with van der Waals surface area (Å²) in [4.78, 5) is 23.8. The van der Waals surface area contributed by atoms with Crippen LogP contribution in [-0.4, -0.2) is 29.4 Å². The Balaban J connectivity index is 2.27. The zero-order chi connectivity index (χ0) is 17.1. The molecule has 2 atom stereocenters. The molecule has 2 N–H and O–H groups in total. The van der Waals surface area contributed by atoms with Crippen molar-refractivity contribution in [1.29, 1.82) is 0 Å². The highest BCUT2D eigenvalue weighted by Gasteiger charge is 2.31. The number of carboxylic acid groups (broad SMARTS) is 1. The summed E-state index contributed by atoms with van der Waals surface area (Å²) in [7, 11) is 0. The highest BCUT2D eigenvalue weighted by atomic mass is 16.4. The van der Waals surface area contributed by atoms with Crippen LogP contribution >= 0.6 is 0 Å². The fourth-order valence-electron chi connectivity index (χ4n) is 3.23. The lowest BCUT2D eigenvalue weighted by Crippen LogP contribution is -2.35. The van der Waals surface area contributed by atoms with Gasteiger partial charge in [-0.1, -0.05) is 64.9 Å². The van der Waals surface area contributed by atoms with Gasteiger partial charge >= 0.3 is 5.97 Å². The van der Waals surface area contributed by atoms with Gasteiger partial charge in [0.05, 0.1) is 12.0 Å². The molecule has 0 spiro atoms. The monoisotopic (exact) mass is 323 g/mol.